The largest absolute Gasteiger partial charge is 0.459 e. The van der Waals surface area contributed by atoms with E-state index in [9.17, 15) is 46.4 Å². The standard InChI is InChI=1S/C38H47FN6O12S/c1-5-21-15-38(21,34(50)42-58(53,54)24-9-10-24)41-31(47)28-13-23(56-36(52)43-16-20-7-6-8-26(39)25(20)19-43)18-45(28)32(48)27(40-35(51)57-37(2,3)4)11-12-30(46)44-17-22-14-29(44)33(49)55-22/h5-8,21-24,27-29H,1,9-19H2,2-4H3,(H,40,51)(H,41,47)(H,42,50)/t21?,22-,23-,27+,28+,29+,38-/m1/s1. The van der Waals surface area contributed by atoms with Gasteiger partial charge in [0.15, 0.2) is 0 Å². The van der Waals surface area contributed by atoms with Gasteiger partial charge in [-0.2, -0.15) is 0 Å². The highest BCUT2D eigenvalue weighted by molar-refractivity contribution is 7.91. The first-order valence-corrected chi connectivity index (χ1v) is 20.9. The van der Waals surface area contributed by atoms with E-state index in [0.29, 0.717) is 30.4 Å². The van der Waals surface area contributed by atoms with E-state index in [1.807, 2.05) is 0 Å². The van der Waals surface area contributed by atoms with Gasteiger partial charge in [0.25, 0.3) is 5.91 Å². The van der Waals surface area contributed by atoms with Crippen LogP contribution >= 0.6 is 0 Å². The van der Waals surface area contributed by atoms with Gasteiger partial charge in [-0.3, -0.25) is 28.8 Å². The van der Waals surface area contributed by atoms with Gasteiger partial charge in [-0.15, -0.1) is 6.58 Å². The van der Waals surface area contributed by atoms with Crippen molar-refractivity contribution in [1.82, 2.24) is 30.1 Å². The van der Waals surface area contributed by atoms with Gasteiger partial charge in [0.2, 0.25) is 27.7 Å². The fourth-order valence-corrected chi connectivity index (χ4v) is 9.43. The second kappa shape index (κ2) is 15.2. The van der Waals surface area contributed by atoms with Gasteiger partial charge in [0.1, 0.15) is 47.3 Å². The molecule has 58 heavy (non-hydrogen) atoms. The summed E-state index contributed by atoms with van der Waals surface area (Å²) in [6.07, 6.45) is -1.65. The molecule has 0 radical (unpaired) electrons. The lowest BCUT2D eigenvalue weighted by molar-refractivity contribution is -0.157. The summed E-state index contributed by atoms with van der Waals surface area (Å²) in [4.78, 5) is 98.1. The molecule has 4 heterocycles. The van der Waals surface area contributed by atoms with Crippen molar-refractivity contribution in [2.75, 3.05) is 13.1 Å². The van der Waals surface area contributed by atoms with Crippen molar-refractivity contribution >= 4 is 51.8 Å². The van der Waals surface area contributed by atoms with Crippen LogP contribution in [-0.4, -0.2) is 125 Å². The fourth-order valence-electron chi connectivity index (χ4n) is 8.06. The number of nitrogens with one attached hydrogen (secondary N) is 3. The highest BCUT2D eigenvalue weighted by Crippen LogP contribution is 2.45. The van der Waals surface area contributed by atoms with Crippen LogP contribution in [0.2, 0.25) is 0 Å². The van der Waals surface area contributed by atoms with Crippen molar-refractivity contribution < 1.29 is 60.6 Å². The SMILES string of the molecule is C=CC1C[C@]1(NC(=O)[C@@H]1C[C@@H](OC(=O)N2Cc3cccc(F)c3C2)CN1C(=O)[C@H](CCC(=O)N1C[C@H]2C[C@H]1C(=O)O2)NC(=O)OC(C)(C)C)C(=O)NS(=O)(=O)C1CC1. The Morgan fingerprint density at radius 2 is 1.83 bits per heavy atom. The zero-order chi connectivity index (χ0) is 41.9. The van der Waals surface area contributed by atoms with E-state index in [-0.39, 0.29) is 51.9 Å². The molecular formula is C38H47FN6O12S. The Morgan fingerprint density at radius 1 is 1.09 bits per heavy atom. The first-order chi connectivity index (χ1) is 27.3. The molecule has 1 aromatic carbocycles. The molecule has 3 N–H and O–H groups in total. The van der Waals surface area contributed by atoms with Crippen LogP contribution in [0, 0.1) is 11.7 Å². The van der Waals surface area contributed by atoms with Crippen LogP contribution in [0.25, 0.3) is 0 Å². The summed E-state index contributed by atoms with van der Waals surface area (Å²) in [6.45, 7) is 8.35. The average Bonchev–Trinajstić information content (AvgIpc) is 3.90. The number of alkyl carbamates (subject to hydrolysis) is 1. The number of fused-ring (bicyclic) bond motifs is 3. The number of nitrogens with zero attached hydrogens (tertiary/aromatic N) is 3. The summed E-state index contributed by atoms with van der Waals surface area (Å²) in [5.41, 5.74) is -1.76. The van der Waals surface area contributed by atoms with Crippen LogP contribution in [0.4, 0.5) is 14.0 Å². The molecule has 1 aromatic rings. The molecule has 2 aliphatic carbocycles. The van der Waals surface area contributed by atoms with E-state index in [1.54, 1.807) is 26.8 Å². The first-order valence-electron chi connectivity index (χ1n) is 19.3. The molecule has 2 bridgehead atoms. The number of morpholine rings is 1. The Bertz CT molecular complexity index is 2060. The Morgan fingerprint density at radius 3 is 2.45 bits per heavy atom. The normalized spacial score (nSPS) is 27.6. The van der Waals surface area contributed by atoms with E-state index in [2.05, 4.69) is 21.9 Å². The Labute approximate surface area is 334 Å². The summed E-state index contributed by atoms with van der Waals surface area (Å²) < 4.78 is 58.4. The summed E-state index contributed by atoms with van der Waals surface area (Å²) in [5, 5.41) is 4.44. The van der Waals surface area contributed by atoms with Gasteiger partial charge in [-0.05, 0) is 58.1 Å². The van der Waals surface area contributed by atoms with Crippen molar-refractivity contribution in [3.05, 3.63) is 47.8 Å². The summed E-state index contributed by atoms with van der Waals surface area (Å²) >= 11 is 0. The number of carbonyl (C=O) groups excluding carboxylic acids is 7. The number of sulfonamides is 1. The van der Waals surface area contributed by atoms with Crippen molar-refractivity contribution in [3.63, 3.8) is 0 Å². The molecule has 5 fully saturated rings. The highest BCUT2D eigenvalue weighted by atomic mass is 32.2. The smallest absolute Gasteiger partial charge is 0.410 e. The van der Waals surface area contributed by atoms with E-state index >= 15 is 0 Å². The predicted molar refractivity (Wildman–Crippen MR) is 198 cm³/mol. The molecule has 0 spiro atoms. The molecule has 3 saturated heterocycles. The predicted octanol–water partition coefficient (Wildman–Crippen LogP) is 1.12. The lowest BCUT2D eigenvalue weighted by atomic mass is 10.1. The minimum Gasteiger partial charge on any atom is -0.459 e. The van der Waals surface area contributed by atoms with Gasteiger partial charge >= 0.3 is 18.2 Å². The maximum Gasteiger partial charge on any atom is 0.410 e. The van der Waals surface area contributed by atoms with Crippen molar-refractivity contribution in [2.24, 2.45) is 5.92 Å². The van der Waals surface area contributed by atoms with Crippen LogP contribution in [0.15, 0.2) is 30.9 Å². The molecule has 18 nitrogen and oxygen atoms in total. The van der Waals surface area contributed by atoms with Gasteiger partial charge in [-0.1, -0.05) is 18.2 Å². The molecule has 2 saturated carbocycles. The summed E-state index contributed by atoms with van der Waals surface area (Å²) in [6, 6.07) is 0.849. The number of hydrogen-bond donors (Lipinski definition) is 3. The van der Waals surface area contributed by atoms with Crippen LogP contribution in [0.5, 0.6) is 0 Å². The van der Waals surface area contributed by atoms with E-state index in [1.165, 1.54) is 28.0 Å². The maximum absolute atomic E-state index is 14.6. The molecular weight excluding hydrogens is 784 g/mol. The van der Waals surface area contributed by atoms with Crippen LogP contribution in [-0.2, 0) is 61.3 Å². The van der Waals surface area contributed by atoms with E-state index < -0.39 is 110 Å². The van der Waals surface area contributed by atoms with Gasteiger partial charge in [0.05, 0.1) is 24.9 Å². The third-order valence-electron chi connectivity index (χ3n) is 11.3. The van der Waals surface area contributed by atoms with Crippen molar-refractivity contribution in [2.45, 2.75) is 126 Å². The van der Waals surface area contributed by atoms with Gasteiger partial charge < -0.3 is 34.6 Å². The molecule has 6 amide bonds. The van der Waals surface area contributed by atoms with Gasteiger partial charge in [0, 0.05) is 37.3 Å². The van der Waals surface area contributed by atoms with Crippen LogP contribution < -0.4 is 15.4 Å². The molecule has 20 heteroatoms. The number of halogens is 1. The molecule has 314 valence electrons. The van der Waals surface area contributed by atoms with Crippen LogP contribution in [0.3, 0.4) is 0 Å². The minimum absolute atomic E-state index is 0.0241. The number of likely N-dealkylation sites (tertiary alicyclic amines) is 2. The lowest BCUT2D eigenvalue weighted by Crippen LogP contribution is -2.58. The molecule has 7 rings (SSSR count). The third-order valence-corrected chi connectivity index (χ3v) is 13.1. The fraction of sp³-hybridized carbons (Fsp3) is 0.605. The quantitative estimate of drug-likeness (QED) is 0.153. The molecule has 6 aliphatic rings. The number of amides is 6. The monoisotopic (exact) mass is 830 g/mol. The second-order valence-corrected chi connectivity index (χ2v) is 18.7. The summed E-state index contributed by atoms with van der Waals surface area (Å²) in [7, 11) is -4.00. The van der Waals surface area contributed by atoms with E-state index in [4.69, 9.17) is 14.2 Å². The number of ether oxygens (including phenoxy) is 3. The highest BCUT2D eigenvalue weighted by Gasteiger charge is 2.62. The molecule has 7 atom stereocenters. The topological polar surface area (TPSA) is 227 Å². The number of rotatable bonds is 12. The Balaban J connectivity index is 1.12. The van der Waals surface area contributed by atoms with Gasteiger partial charge in [-0.25, -0.2) is 27.2 Å². The average molecular weight is 831 g/mol. The second-order valence-electron chi connectivity index (χ2n) is 16.8. The maximum atomic E-state index is 14.6. The number of benzene rings is 1. The zero-order valence-corrected chi connectivity index (χ0v) is 33.2. The molecule has 1 unspecified atom stereocenters. The third kappa shape index (κ3) is 8.33. The van der Waals surface area contributed by atoms with E-state index in [0.717, 1.165) is 4.90 Å². The van der Waals surface area contributed by atoms with Crippen LogP contribution in [0.1, 0.15) is 76.8 Å². The Kier molecular flexibility index (Phi) is 10.7. The number of hydrogen-bond acceptors (Lipinski definition) is 12. The Hall–Kier alpha value is -5.27. The lowest BCUT2D eigenvalue weighted by Gasteiger charge is -2.31. The number of esters is 1. The minimum atomic E-state index is -4.00. The molecule has 0 aromatic heterocycles. The zero-order valence-electron chi connectivity index (χ0n) is 32.4. The summed E-state index contributed by atoms with van der Waals surface area (Å²) in [5.74, 6) is -4.79. The number of carbonyl (C=O) groups is 7. The van der Waals surface area contributed by atoms with Crippen molar-refractivity contribution in [3.8, 4) is 0 Å². The first kappa shape index (κ1) is 40.9. The van der Waals surface area contributed by atoms with Crippen molar-refractivity contribution in [1.29, 1.82) is 0 Å². The molecule has 4 aliphatic heterocycles.